The second kappa shape index (κ2) is 10.3. The molecule has 2 aromatic rings. The van der Waals surface area contributed by atoms with E-state index in [4.69, 9.17) is 16.3 Å². The second-order valence-electron chi connectivity index (χ2n) is 6.88. The number of rotatable bonds is 8. The molecule has 1 aliphatic heterocycles. The number of benzene rings is 1. The Morgan fingerprint density at radius 2 is 2.13 bits per heavy atom. The van der Waals surface area contributed by atoms with Gasteiger partial charge in [-0.15, -0.1) is 0 Å². The first-order valence-electron chi connectivity index (χ1n) is 9.47. The summed E-state index contributed by atoms with van der Waals surface area (Å²) in [5.74, 6) is -0.329. The molecule has 0 radical (unpaired) electrons. The lowest BCUT2D eigenvalue weighted by atomic mass is 9.98. The van der Waals surface area contributed by atoms with Gasteiger partial charge in [-0.3, -0.25) is 9.78 Å². The molecule has 0 bridgehead atoms. The van der Waals surface area contributed by atoms with Crippen molar-refractivity contribution in [2.75, 3.05) is 13.2 Å². The highest BCUT2D eigenvalue weighted by Gasteiger charge is 2.33. The summed E-state index contributed by atoms with van der Waals surface area (Å²) in [7, 11) is -3.80. The van der Waals surface area contributed by atoms with Crippen LogP contribution >= 0.6 is 11.6 Å². The van der Waals surface area contributed by atoms with Crippen molar-refractivity contribution in [1.82, 2.24) is 20.0 Å². The third kappa shape index (κ3) is 5.96. The minimum atomic E-state index is -3.80. The summed E-state index contributed by atoms with van der Waals surface area (Å²) in [4.78, 5) is 19.8. The number of nitrogens with zero attached hydrogens (tertiary/aromatic N) is 2. The van der Waals surface area contributed by atoms with E-state index in [9.17, 15) is 18.3 Å². The number of hydrogen-bond donors (Lipinski definition) is 3. The van der Waals surface area contributed by atoms with Gasteiger partial charge in [0.05, 0.1) is 35.9 Å². The van der Waals surface area contributed by atoms with Gasteiger partial charge in [-0.1, -0.05) is 17.7 Å². The molecule has 1 aromatic heterocycles. The highest BCUT2D eigenvalue weighted by molar-refractivity contribution is 7.89. The molecule has 11 heteroatoms. The molecule has 3 atom stereocenters. The Morgan fingerprint density at radius 3 is 2.83 bits per heavy atom. The number of aromatic nitrogens is 2. The van der Waals surface area contributed by atoms with Crippen molar-refractivity contribution in [3.05, 3.63) is 53.6 Å². The van der Waals surface area contributed by atoms with E-state index < -0.39 is 22.2 Å². The Morgan fingerprint density at radius 1 is 1.30 bits per heavy atom. The minimum absolute atomic E-state index is 0.0561. The number of carbonyl (C=O) groups excluding carboxylic acids is 1. The number of hydrogen-bond acceptors (Lipinski definition) is 7. The molecule has 0 saturated carbocycles. The third-order valence-corrected chi connectivity index (χ3v) is 6.48. The summed E-state index contributed by atoms with van der Waals surface area (Å²) in [5, 5.41) is 12.8. The van der Waals surface area contributed by atoms with Crippen LogP contribution < -0.4 is 10.0 Å². The van der Waals surface area contributed by atoms with Crippen molar-refractivity contribution in [3.63, 3.8) is 0 Å². The van der Waals surface area contributed by atoms with Gasteiger partial charge in [0.1, 0.15) is 5.69 Å². The zero-order valence-corrected chi connectivity index (χ0v) is 17.6. The highest BCUT2D eigenvalue weighted by atomic mass is 35.5. The minimum Gasteiger partial charge on any atom is -0.394 e. The van der Waals surface area contributed by atoms with Crippen LogP contribution in [0.2, 0.25) is 5.02 Å². The van der Waals surface area contributed by atoms with E-state index in [-0.39, 0.29) is 29.2 Å². The average molecular weight is 455 g/mol. The molecule has 1 aromatic carbocycles. The molecule has 1 saturated heterocycles. The number of amides is 1. The van der Waals surface area contributed by atoms with Crippen molar-refractivity contribution in [2.24, 2.45) is 0 Å². The van der Waals surface area contributed by atoms with Gasteiger partial charge in [-0.2, -0.15) is 0 Å². The maximum absolute atomic E-state index is 12.6. The molecule has 1 aliphatic rings. The molecule has 0 spiro atoms. The summed E-state index contributed by atoms with van der Waals surface area (Å²) in [5.41, 5.74) is 0.228. The lowest BCUT2D eigenvalue weighted by Gasteiger charge is -2.36. The van der Waals surface area contributed by atoms with Gasteiger partial charge in [0, 0.05) is 24.0 Å². The molecule has 0 aliphatic carbocycles. The van der Waals surface area contributed by atoms with Crippen LogP contribution in [-0.2, 0) is 14.8 Å². The molecule has 162 valence electrons. The first-order valence-corrected chi connectivity index (χ1v) is 11.3. The summed E-state index contributed by atoms with van der Waals surface area (Å²) in [6.45, 7) is 0.0301. The summed E-state index contributed by atoms with van der Waals surface area (Å²) in [6, 6.07) is 5.40. The van der Waals surface area contributed by atoms with Crippen LogP contribution in [0.15, 0.2) is 47.8 Å². The quantitative estimate of drug-likeness (QED) is 0.545. The Kier molecular flexibility index (Phi) is 7.73. The molecule has 3 N–H and O–H groups in total. The molecule has 30 heavy (non-hydrogen) atoms. The molecular formula is C19H23ClN4O5S. The van der Waals surface area contributed by atoms with Gasteiger partial charge >= 0.3 is 0 Å². The van der Waals surface area contributed by atoms with Crippen molar-refractivity contribution in [3.8, 4) is 0 Å². The Bertz CT molecular complexity index is 960. The molecule has 3 rings (SSSR count). The van der Waals surface area contributed by atoms with Crippen molar-refractivity contribution >= 4 is 27.5 Å². The fourth-order valence-electron chi connectivity index (χ4n) is 3.23. The lowest BCUT2D eigenvalue weighted by molar-refractivity contribution is -0.0871. The van der Waals surface area contributed by atoms with Gasteiger partial charge in [0.25, 0.3) is 5.91 Å². The standard InChI is InChI=1S/C19H23ClN4O5S/c20-13-2-1-3-15(10-13)30(27,28)24-16-5-4-14(29-18(16)12-25)6-7-23-19(26)17-11-21-8-9-22-17/h1-3,8-11,14,16,18,24-25H,4-7,12H2,(H,23,26)/t14-,16-,18-/m1/s1. The fourth-order valence-corrected chi connectivity index (χ4v) is 4.83. The Balaban J connectivity index is 1.51. The van der Waals surface area contributed by atoms with Crippen molar-refractivity contribution in [1.29, 1.82) is 0 Å². The second-order valence-corrected chi connectivity index (χ2v) is 9.03. The van der Waals surface area contributed by atoms with Crippen LogP contribution in [-0.4, -0.2) is 60.8 Å². The highest BCUT2D eigenvalue weighted by Crippen LogP contribution is 2.24. The van der Waals surface area contributed by atoms with Crippen LogP contribution in [0, 0.1) is 0 Å². The topological polar surface area (TPSA) is 131 Å². The van der Waals surface area contributed by atoms with E-state index in [0.29, 0.717) is 30.8 Å². The number of carbonyl (C=O) groups is 1. The van der Waals surface area contributed by atoms with Gasteiger partial charge in [0.2, 0.25) is 10.0 Å². The van der Waals surface area contributed by atoms with Gasteiger partial charge in [-0.25, -0.2) is 18.1 Å². The number of halogens is 1. The van der Waals surface area contributed by atoms with Crippen LogP contribution in [0.25, 0.3) is 0 Å². The van der Waals surface area contributed by atoms with Gasteiger partial charge < -0.3 is 15.2 Å². The van der Waals surface area contributed by atoms with E-state index in [1.165, 1.54) is 30.7 Å². The smallest absolute Gasteiger partial charge is 0.271 e. The normalized spacial score (nSPS) is 21.9. The average Bonchev–Trinajstić information content (AvgIpc) is 2.75. The van der Waals surface area contributed by atoms with Gasteiger partial charge in [-0.05, 0) is 37.5 Å². The molecular weight excluding hydrogens is 432 g/mol. The fraction of sp³-hybridized carbons (Fsp3) is 0.421. The number of aliphatic hydroxyl groups excluding tert-OH is 1. The van der Waals surface area contributed by atoms with Gasteiger partial charge in [0.15, 0.2) is 0 Å². The maximum atomic E-state index is 12.6. The largest absolute Gasteiger partial charge is 0.394 e. The Labute approximate surface area is 179 Å². The van der Waals surface area contributed by atoms with E-state index >= 15 is 0 Å². The number of ether oxygens (including phenoxy) is 1. The predicted octanol–water partition coefficient (Wildman–Crippen LogP) is 1.14. The van der Waals surface area contributed by atoms with E-state index in [2.05, 4.69) is 20.0 Å². The third-order valence-electron chi connectivity index (χ3n) is 4.76. The molecule has 9 nitrogen and oxygen atoms in total. The molecule has 2 heterocycles. The van der Waals surface area contributed by atoms with Crippen molar-refractivity contribution in [2.45, 2.75) is 42.4 Å². The SMILES string of the molecule is O=C(NCC[C@H]1CC[C@@H](NS(=O)(=O)c2cccc(Cl)c2)[C@@H](CO)O1)c1cnccn1. The number of sulfonamides is 1. The number of nitrogens with one attached hydrogen (secondary N) is 2. The number of aliphatic hydroxyl groups is 1. The van der Waals surface area contributed by atoms with Crippen molar-refractivity contribution < 1.29 is 23.1 Å². The first-order chi connectivity index (χ1) is 14.4. The first kappa shape index (κ1) is 22.6. The predicted molar refractivity (Wildman–Crippen MR) is 110 cm³/mol. The summed E-state index contributed by atoms with van der Waals surface area (Å²) in [6.07, 6.45) is 5.01. The zero-order valence-electron chi connectivity index (χ0n) is 16.1. The van der Waals surface area contributed by atoms with Crippen LogP contribution in [0.1, 0.15) is 29.8 Å². The zero-order chi connectivity index (χ0) is 21.6. The molecule has 0 unspecified atom stereocenters. The Hall–Kier alpha value is -2.11. The molecule has 1 amide bonds. The van der Waals surface area contributed by atoms with E-state index in [1.807, 2.05) is 0 Å². The van der Waals surface area contributed by atoms with E-state index in [1.54, 1.807) is 12.1 Å². The maximum Gasteiger partial charge on any atom is 0.271 e. The summed E-state index contributed by atoms with van der Waals surface area (Å²) < 4.78 is 33.7. The summed E-state index contributed by atoms with van der Waals surface area (Å²) >= 11 is 5.88. The van der Waals surface area contributed by atoms with Crippen LogP contribution in [0.5, 0.6) is 0 Å². The van der Waals surface area contributed by atoms with Crippen LogP contribution in [0.3, 0.4) is 0 Å². The molecule has 1 fully saturated rings. The monoisotopic (exact) mass is 454 g/mol. The van der Waals surface area contributed by atoms with Crippen LogP contribution in [0.4, 0.5) is 0 Å². The lowest BCUT2D eigenvalue weighted by Crippen LogP contribution is -2.51. The van der Waals surface area contributed by atoms with E-state index in [0.717, 1.165) is 0 Å².